The van der Waals surface area contributed by atoms with Crippen molar-refractivity contribution < 1.29 is 14.4 Å². The second kappa shape index (κ2) is 11.0. The molecule has 0 saturated heterocycles. The number of amides is 4. The van der Waals surface area contributed by atoms with E-state index in [1.807, 2.05) is 13.8 Å². The first kappa shape index (κ1) is 22.2. The van der Waals surface area contributed by atoms with Gasteiger partial charge in [-0.05, 0) is 37.6 Å². The number of likely N-dealkylation sites (N-methyl/N-ethyl adjacent to an activating group) is 1. The Bertz CT molecular complexity index is 653. The van der Waals surface area contributed by atoms with Gasteiger partial charge in [-0.3, -0.25) is 19.8 Å². The summed E-state index contributed by atoms with van der Waals surface area (Å²) < 4.78 is 0. The maximum Gasteiger partial charge on any atom is 0.321 e. The minimum Gasteiger partial charge on any atom is -0.338 e. The Morgan fingerprint density at radius 2 is 1.73 bits per heavy atom. The lowest BCUT2D eigenvalue weighted by Crippen LogP contribution is -2.45. The van der Waals surface area contributed by atoms with Crippen molar-refractivity contribution in [1.29, 1.82) is 0 Å². The molecule has 0 spiro atoms. The van der Waals surface area contributed by atoms with Crippen molar-refractivity contribution in [1.82, 2.24) is 15.5 Å². The molecule has 9 heteroatoms. The molecule has 144 valence electrons. The average Bonchev–Trinajstić information content (AvgIpc) is 2.49. The summed E-state index contributed by atoms with van der Waals surface area (Å²) in [7, 11) is 1.60. The van der Waals surface area contributed by atoms with Gasteiger partial charge in [-0.25, -0.2) is 4.79 Å². The standard InChI is InChI=1S/C17H24Cl2N4O3/c1-11(2)6-7-20-17(26)22-16(25)10-23(3)9-15(24)21-12-4-5-13(18)14(19)8-12/h4-5,8,11H,6-7,9-10H2,1-3H3,(H,21,24)(H2,20,22,25,26). The quantitative estimate of drug-likeness (QED) is 0.623. The third-order valence-electron chi connectivity index (χ3n) is 3.29. The van der Waals surface area contributed by atoms with E-state index in [4.69, 9.17) is 23.2 Å². The number of imide groups is 1. The Morgan fingerprint density at radius 1 is 1.08 bits per heavy atom. The first-order chi connectivity index (χ1) is 12.2. The van der Waals surface area contributed by atoms with E-state index in [0.29, 0.717) is 28.2 Å². The van der Waals surface area contributed by atoms with Gasteiger partial charge in [-0.15, -0.1) is 0 Å². The van der Waals surface area contributed by atoms with Crippen LogP contribution in [0, 0.1) is 5.92 Å². The molecular formula is C17H24Cl2N4O3. The van der Waals surface area contributed by atoms with Gasteiger partial charge in [0.15, 0.2) is 0 Å². The number of nitrogens with zero attached hydrogens (tertiary/aromatic N) is 1. The van der Waals surface area contributed by atoms with Crippen LogP contribution in [0.25, 0.3) is 0 Å². The lowest BCUT2D eigenvalue weighted by Gasteiger charge is -2.16. The van der Waals surface area contributed by atoms with Crippen LogP contribution < -0.4 is 16.0 Å². The molecule has 1 aromatic rings. The van der Waals surface area contributed by atoms with E-state index in [-0.39, 0.29) is 19.0 Å². The van der Waals surface area contributed by atoms with E-state index >= 15 is 0 Å². The molecule has 0 aromatic heterocycles. The van der Waals surface area contributed by atoms with Crippen molar-refractivity contribution in [2.45, 2.75) is 20.3 Å². The van der Waals surface area contributed by atoms with Crippen LogP contribution in [-0.4, -0.2) is 49.4 Å². The van der Waals surface area contributed by atoms with E-state index in [1.165, 1.54) is 11.0 Å². The van der Waals surface area contributed by atoms with Gasteiger partial charge >= 0.3 is 6.03 Å². The van der Waals surface area contributed by atoms with Gasteiger partial charge in [0.25, 0.3) is 0 Å². The lowest BCUT2D eigenvalue weighted by atomic mass is 10.1. The lowest BCUT2D eigenvalue weighted by molar-refractivity contribution is -0.122. The number of rotatable bonds is 8. The zero-order valence-corrected chi connectivity index (χ0v) is 16.6. The van der Waals surface area contributed by atoms with E-state index < -0.39 is 11.9 Å². The fourth-order valence-corrected chi connectivity index (χ4v) is 2.30. The third-order valence-corrected chi connectivity index (χ3v) is 4.03. The molecule has 0 heterocycles. The van der Waals surface area contributed by atoms with Crippen LogP contribution in [0.1, 0.15) is 20.3 Å². The zero-order chi connectivity index (χ0) is 19.7. The summed E-state index contributed by atoms with van der Waals surface area (Å²) in [5, 5.41) is 8.22. The Labute approximate surface area is 163 Å². The Balaban J connectivity index is 2.34. The third kappa shape index (κ3) is 9.03. The van der Waals surface area contributed by atoms with Gasteiger partial charge < -0.3 is 10.6 Å². The fraction of sp³-hybridized carbons (Fsp3) is 0.471. The van der Waals surface area contributed by atoms with E-state index in [9.17, 15) is 14.4 Å². The minimum absolute atomic E-state index is 0.0252. The highest BCUT2D eigenvalue weighted by Gasteiger charge is 2.13. The maximum atomic E-state index is 12.0. The van der Waals surface area contributed by atoms with Crippen LogP contribution in [0.5, 0.6) is 0 Å². The number of urea groups is 1. The highest BCUT2D eigenvalue weighted by molar-refractivity contribution is 6.42. The highest BCUT2D eigenvalue weighted by atomic mass is 35.5. The number of nitrogens with one attached hydrogen (secondary N) is 3. The van der Waals surface area contributed by atoms with Crippen LogP contribution in [0.4, 0.5) is 10.5 Å². The largest absolute Gasteiger partial charge is 0.338 e. The molecule has 0 aliphatic rings. The molecule has 0 aliphatic heterocycles. The van der Waals surface area contributed by atoms with Crippen LogP contribution in [0.2, 0.25) is 10.0 Å². The minimum atomic E-state index is -0.538. The second-order valence-electron chi connectivity index (χ2n) is 6.34. The summed E-state index contributed by atoms with van der Waals surface area (Å²) in [6.45, 7) is 4.47. The van der Waals surface area contributed by atoms with Crippen LogP contribution in [-0.2, 0) is 9.59 Å². The summed E-state index contributed by atoms with van der Waals surface area (Å²) in [5.41, 5.74) is 0.506. The molecule has 1 rings (SSSR count). The molecule has 7 nitrogen and oxygen atoms in total. The molecule has 1 aromatic carbocycles. The van der Waals surface area contributed by atoms with Crippen molar-refractivity contribution in [3.05, 3.63) is 28.2 Å². The first-order valence-corrected chi connectivity index (χ1v) is 8.94. The molecule has 0 unspecified atom stereocenters. The highest BCUT2D eigenvalue weighted by Crippen LogP contribution is 2.24. The normalized spacial score (nSPS) is 10.7. The molecule has 0 fully saturated rings. The molecule has 0 radical (unpaired) electrons. The summed E-state index contributed by atoms with van der Waals surface area (Å²) in [4.78, 5) is 36.9. The second-order valence-corrected chi connectivity index (χ2v) is 7.15. The van der Waals surface area contributed by atoms with Gasteiger partial charge in [0.2, 0.25) is 11.8 Å². The van der Waals surface area contributed by atoms with Crippen molar-refractivity contribution in [2.24, 2.45) is 5.92 Å². The predicted octanol–water partition coefficient (Wildman–Crippen LogP) is 2.74. The zero-order valence-electron chi connectivity index (χ0n) is 15.1. The van der Waals surface area contributed by atoms with E-state index in [1.54, 1.807) is 19.2 Å². The molecule has 0 aliphatic carbocycles. The number of benzene rings is 1. The summed E-state index contributed by atoms with van der Waals surface area (Å²) in [5.74, 6) is -0.344. The van der Waals surface area contributed by atoms with Gasteiger partial charge in [0, 0.05) is 12.2 Å². The van der Waals surface area contributed by atoms with Gasteiger partial charge in [-0.2, -0.15) is 0 Å². The number of carbonyl (C=O) groups is 3. The van der Waals surface area contributed by atoms with Crippen molar-refractivity contribution in [2.75, 3.05) is 32.0 Å². The summed E-state index contributed by atoms with van der Waals surface area (Å²) in [6.07, 6.45) is 0.830. The SMILES string of the molecule is CC(C)CCNC(=O)NC(=O)CN(C)CC(=O)Nc1ccc(Cl)c(Cl)c1. The topological polar surface area (TPSA) is 90.5 Å². The molecule has 26 heavy (non-hydrogen) atoms. The van der Waals surface area contributed by atoms with Gasteiger partial charge in [0.1, 0.15) is 0 Å². The molecule has 3 N–H and O–H groups in total. The van der Waals surface area contributed by atoms with Gasteiger partial charge in [0.05, 0.1) is 23.1 Å². The summed E-state index contributed by atoms with van der Waals surface area (Å²) >= 11 is 11.7. The first-order valence-electron chi connectivity index (χ1n) is 8.18. The monoisotopic (exact) mass is 402 g/mol. The molecule has 4 amide bonds. The summed E-state index contributed by atoms with van der Waals surface area (Å²) in [6, 6.07) is 4.20. The maximum absolute atomic E-state index is 12.0. The smallest absolute Gasteiger partial charge is 0.321 e. The Hall–Kier alpha value is -1.83. The number of hydrogen-bond donors (Lipinski definition) is 3. The molecule has 0 atom stereocenters. The average molecular weight is 403 g/mol. The molecule has 0 bridgehead atoms. The number of halogens is 2. The predicted molar refractivity (Wildman–Crippen MR) is 104 cm³/mol. The Morgan fingerprint density at radius 3 is 2.35 bits per heavy atom. The molecule has 0 saturated carbocycles. The van der Waals surface area contributed by atoms with Crippen LogP contribution in [0.3, 0.4) is 0 Å². The molecular weight excluding hydrogens is 379 g/mol. The van der Waals surface area contributed by atoms with E-state index in [2.05, 4.69) is 16.0 Å². The van der Waals surface area contributed by atoms with Crippen molar-refractivity contribution >= 4 is 46.7 Å². The van der Waals surface area contributed by atoms with Crippen LogP contribution in [0.15, 0.2) is 18.2 Å². The number of anilines is 1. The van der Waals surface area contributed by atoms with Crippen molar-refractivity contribution in [3.8, 4) is 0 Å². The van der Waals surface area contributed by atoms with Crippen LogP contribution >= 0.6 is 23.2 Å². The Kier molecular flexibility index (Phi) is 9.40. The number of carbonyl (C=O) groups excluding carboxylic acids is 3. The van der Waals surface area contributed by atoms with Gasteiger partial charge in [-0.1, -0.05) is 37.0 Å². The number of hydrogen-bond acceptors (Lipinski definition) is 4. The van der Waals surface area contributed by atoms with Crippen molar-refractivity contribution in [3.63, 3.8) is 0 Å². The fourth-order valence-electron chi connectivity index (χ4n) is 2.01. The van der Waals surface area contributed by atoms with E-state index in [0.717, 1.165) is 6.42 Å².